The van der Waals surface area contributed by atoms with Gasteiger partial charge in [0, 0.05) is 24.5 Å². The second-order valence-electron chi connectivity index (χ2n) is 4.67. The van der Waals surface area contributed by atoms with E-state index in [1.165, 1.54) is 12.3 Å². The van der Waals surface area contributed by atoms with Gasteiger partial charge in [-0.3, -0.25) is 0 Å². The quantitative estimate of drug-likeness (QED) is 0.823. The summed E-state index contributed by atoms with van der Waals surface area (Å²) in [5.41, 5.74) is -0.628. The molecule has 1 aromatic rings. The van der Waals surface area contributed by atoms with Gasteiger partial charge in [0.25, 0.3) is 0 Å². The van der Waals surface area contributed by atoms with Crippen molar-refractivity contribution in [1.82, 2.24) is 4.98 Å². The minimum Gasteiger partial charge on any atom is -0.355 e. The van der Waals surface area contributed by atoms with Crippen molar-refractivity contribution in [3.63, 3.8) is 0 Å². The van der Waals surface area contributed by atoms with E-state index in [0.717, 1.165) is 25.3 Å². The first-order valence-corrected chi connectivity index (χ1v) is 7.61. The lowest BCUT2D eigenvalue weighted by Gasteiger charge is -2.27. The Morgan fingerprint density at radius 3 is 2.84 bits per heavy atom. The third-order valence-electron chi connectivity index (χ3n) is 3.35. The van der Waals surface area contributed by atoms with E-state index in [2.05, 4.69) is 4.98 Å². The number of aromatic nitrogens is 1. The maximum Gasteiger partial charge on any atom is 0.419 e. The highest BCUT2D eigenvalue weighted by Gasteiger charge is 2.36. The highest BCUT2D eigenvalue weighted by Crippen LogP contribution is 2.36. The maximum absolute atomic E-state index is 13.0. The average molecular weight is 290 g/mol. The van der Waals surface area contributed by atoms with Gasteiger partial charge in [0.2, 0.25) is 0 Å². The molecule has 0 radical (unpaired) electrons. The molecule has 106 valence electrons. The molecule has 1 saturated heterocycles. The number of nitrogens with zero attached hydrogens (tertiary/aromatic N) is 2. The molecular weight excluding hydrogens is 273 g/mol. The first-order chi connectivity index (χ1) is 9.02. The molecule has 1 aliphatic heterocycles. The molecule has 0 amide bonds. The van der Waals surface area contributed by atoms with Gasteiger partial charge in [-0.1, -0.05) is 6.42 Å². The van der Waals surface area contributed by atoms with Crippen molar-refractivity contribution >= 4 is 17.6 Å². The smallest absolute Gasteiger partial charge is 0.355 e. The Hall–Kier alpha value is -0.910. The van der Waals surface area contributed by atoms with Gasteiger partial charge in [0.05, 0.1) is 5.56 Å². The second-order valence-corrected chi connectivity index (χ2v) is 5.81. The Morgan fingerprint density at radius 2 is 2.16 bits per heavy atom. The minimum atomic E-state index is -4.34. The van der Waals surface area contributed by atoms with Crippen LogP contribution < -0.4 is 4.90 Å². The Kier molecular flexibility index (Phi) is 4.60. The van der Waals surface area contributed by atoms with Crippen molar-refractivity contribution in [1.29, 1.82) is 0 Å². The summed E-state index contributed by atoms with van der Waals surface area (Å²) in [6.45, 7) is 1.29. The first-order valence-electron chi connectivity index (χ1n) is 6.32. The normalized spacial score (nSPS) is 21.3. The van der Waals surface area contributed by atoms with E-state index in [-0.39, 0.29) is 5.82 Å². The molecule has 1 aromatic heterocycles. The summed E-state index contributed by atoms with van der Waals surface area (Å²) >= 11 is 1.72. The average Bonchev–Trinajstić information content (AvgIpc) is 2.63. The van der Waals surface area contributed by atoms with Gasteiger partial charge in [0.15, 0.2) is 0 Å². The predicted octanol–water partition coefficient (Wildman–Crippen LogP) is 3.82. The van der Waals surface area contributed by atoms with Gasteiger partial charge in [0.1, 0.15) is 5.82 Å². The molecule has 2 rings (SSSR count). The van der Waals surface area contributed by atoms with Crippen LogP contribution in [0.2, 0.25) is 0 Å². The third-order valence-corrected chi connectivity index (χ3v) is 4.40. The molecule has 0 N–H and O–H groups in total. The van der Waals surface area contributed by atoms with E-state index in [1.54, 1.807) is 16.7 Å². The van der Waals surface area contributed by atoms with Crippen LogP contribution in [0.1, 0.15) is 24.8 Å². The van der Waals surface area contributed by atoms with Crippen LogP contribution in [0, 0.1) is 0 Å². The summed E-state index contributed by atoms with van der Waals surface area (Å²) < 4.78 is 39.0. The number of hydrogen-bond donors (Lipinski definition) is 0. The molecule has 0 spiro atoms. The summed E-state index contributed by atoms with van der Waals surface area (Å²) in [5, 5.41) is 0.380. The van der Waals surface area contributed by atoms with Crippen LogP contribution in [0.4, 0.5) is 19.0 Å². The summed E-state index contributed by atoms with van der Waals surface area (Å²) in [4.78, 5) is 5.76. The second kappa shape index (κ2) is 6.03. The maximum atomic E-state index is 13.0. The number of halogens is 3. The van der Waals surface area contributed by atoms with E-state index in [9.17, 15) is 13.2 Å². The molecule has 1 unspecified atom stereocenters. The summed E-state index contributed by atoms with van der Waals surface area (Å²) in [5.74, 6) is 0.0796. The number of anilines is 1. The van der Waals surface area contributed by atoms with E-state index in [0.29, 0.717) is 18.3 Å². The van der Waals surface area contributed by atoms with E-state index in [1.807, 2.05) is 6.26 Å². The Morgan fingerprint density at radius 1 is 1.37 bits per heavy atom. The monoisotopic (exact) mass is 290 g/mol. The Labute approximate surface area is 115 Å². The minimum absolute atomic E-state index is 0.0796. The van der Waals surface area contributed by atoms with Crippen molar-refractivity contribution in [2.24, 2.45) is 0 Å². The number of hydrogen-bond acceptors (Lipinski definition) is 3. The molecule has 0 aromatic carbocycles. The molecular formula is C13H17F3N2S. The number of pyridine rings is 1. The predicted molar refractivity (Wildman–Crippen MR) is 72.6 cm³/mol. The molecule has 2 heterocycles. The zero-order valence-corrected chi connectivity index (χ0v) is 11.6. The van der Waals surface area contributed by atoms with Crippen LogP contribution in [-0.2, 0) is 6.18 Å². The van der Waals surface area contributed by atoms with Gasteiger partial charge >= 0.3 is 6.18 Å². The lowest BCUT2D eigenvalue weighted by Crippen LogP contribution is -2.32. The Balaban J connectivity index is 2.29. The van der Waals surface area contributed by atoms with Crippen molar-refractivity contribution in [3.05, 3.63) is 23.9 Å². The van der Waals surface area contributed by atoms with Crippen molar-refractivity contribution in [3.8, 4) is 0 Å². The molecule has 0 bridgehead atoms. The molecule has 6 heteroatoms. The van der Waals surface area contributed by atoms with E-state index >= 15 is 0 Å². The van der Waals surface area contributed by atoms with Crippen LogP contribution in [-0.4, -0.2) is 29.6 Å². The zero-order chi connectivity index (χ0) is 13.9. The van der Waals surface area contributed by atoms with Crippen LogP contribution in [0.15, 0.2) is 18.3 Å². The van der Waals surface area contributed by atoms with Gasteiger partial charge in [-0.2, -0.15) is 24.9 Å². The topological polar surface area (TPSA) is 16.1 Å². The van der Waals surface area contributed by atoms with Crippen molar-refractivity contribution in [2.45, 2.75) is 30.7 Å². The largest absolute Gasteiger partial charge is 0.419 e. The lowest BCUT2D eigenvalue weighted by atomic mass is 10.2. The molecule has 1 atom stereocenters. The third kappa shape index (κ3) is 3.55. The van der Waals surface area contributed by atoms with Gasteiger partial charge in [-0.05, 0) is 31.2 Å². The van der Waals surface area contributed by atoms with Crippen LogP contribution in [0.25, 0.3) is 0 Å². The molecule has 1 aliphatic rings. The molecule has 19 heavy (non-hydrogen) atoms. The number of thioether (sulfide) groups is 1. The fourth-order valence-corrected chi connectivity index (χ4v) is 3.09. The van der Waals surface area contributed by atoms with Crippen molar-refractivity contribution in [2.75, 3.05) is 24.2 Å². The highest BCUT2D eigenvalue weighted by molar-refractivity contribution is 7.99. The standard InChI is InChI=1S/C13H17F3N2S/c1-19-10-5-2-3-8-18(9-10)12-11(13(14,15)16)6-4-7-17-12/h4,6-7,10H,2-3,5,8-9H2,1H3. The highest BCUT2D eigenvalue weighted by atomic mass is 32.2. The van der Waals surface area contributed by atoms with Crippen molar-refractivity contribution < 1.29 is 13.2 Å². The molecule has 0 aliphatic carbocycles. The van der Waals surface area contributed by atoms with Gasteiger partial charge in [-0.25, -0.2) is 4.98 Å². The van der Waals surface area contributed by atoms with E-state index in [4.69, 9.17) is 0 Å². The molecule has 0 saturated carbocycles. The SMILES string of the molecule is CSC1CCCCN(c2ncccc2C(F)(F)F)C1. The van der Waals surface area contributed by atoms with Gasteiger partial charge < -0.3 is 4.90 Å². The summed E-state index contributed by atoms with van der Waals surface area (Å²) in [6, 6.07) is 2.46. The Bertz CT molecular complexity index is 423. The molecule has 2 nitrogen and oxygen atoms in total. The van der Waals surface area contributed by atoms with Gasteiger partial charge in [-0.15, -0.1) is 0 Å². The number of rotatable bonds is 2. The first kappa shape index (κ1) is 14.5. The lowest BCUT2D eigenvalue weighted by molar-refractivity contribution is -0.137. The summed E-state index contributed by atoms with van der Waals surface area (Å²) in [6.07, 6.45) is 2.15. The number of alkyl halides is 3. The summed E-state index contributed by atoms with van der Waals surface area (Å²) in [7, 11) is 0. The fraction of sp³-hybridized carbons (Fsp3) is 0.615. The van der Waals surface area contributed by atoms with Crippen LogP contribution in [0.5, 0.6) is 0 Å². The molecule has 1 fully saturated rings. The fourth-order valence-electron chi connectivity index (χ4n) is 2.36. The van der Waals surface area contributed by atoms with Crippen LogP contribution in [0.3, 0.4) is 0 Å². The zero-order valence-electron chi connectivity index (χ0n) is 10.8. The van der Waals surface area contributed by atoms with Crippen LogP contribution >= 0.6 is 11.8 Å². The van der Waals surface area contributed by atoms with E-state index < -0.39 is 11.7 Å².